The molecule has 3 nitrogen and oxygen atoms in total. The van der Waals surface area contributed by atoms with Gasteiger partial charge in [-0.2, -0.15) is 0 Å². The molecule has 2 N–H and O–H groups in total. The van der Waals surface area contributed by atoms with Crippen molar-refractivity contribution in [2.24, 2.45) is 5.73 Å². The normalized spacial score (nSPS) is 12.1. The molecule has 1 aromatic carbocycles. The van der Waals surface area contributed by atoms with Crippen LogP contribution in [0.3, 0.4) is 0 Å². The molecule has 0 aliphatic carbocycles. The summed E-state index contributed by atoms with van der Waals surface area (Å²) in [7, 11) is 0. The van der Waals surface area contributed by atoms with Crippen LogP contribution in [0, 0.1) is 0 Å². The van der Waals surface area contributed by atoms with Crippen molar-refractivity contribution in [3.05, 3.63) is 35.9 Å². The van der Waals surface area contributed by atoms with E-state index >= 15 is 0 Å². The molecule has 0 amide bonds. The first kappa shape index (κ1) is 11.7. The Kier molecular flexibility index (Phi) is 4.84. The zero-order valence-electron chi connectivity index (χ0n) is 8.98. The maximum absolute atomic E-state index is 11.1. The van der Waals surface area contributed by atoms with E-state index in [2.05, 4.69) is 12.1 Å². The third-order valence-electron chi connectivity index (χ3n) is 2.01. The number of esters is 1. The molecule has 0 bridgehead atoms. The quantitative estimate of drug-likeness (QED) is 0.592. The molecule has 0 heterocycles. The molecule has 15 heavy (non-hydrogen) atoms. The highest BCUT2D eigenvalue weighted by molar-refractivity contribution is 5.69. The number of benzene rings is 1. The van der Waals surface area contributed by atoms with Crippen LogP contribution < -0.4 is 5.73 Å². The van der Waals surface area contributed by atoms with E-state index in [0.29, 0.717) is 6.42 Å². The Balaban J connectivity index is 2.19. The predicted octanol–water partition coefficient (Wildman–Crippen LogP) is 1.86. The Morgan fingerprint density at radius 2 is 2.07 bits per heavy atom. The molecule has 1 unspecified atom stereocenters. The fraction of sp³-hybridized carbons (Fsp3) is 0.417. The van der Waals surface area contributed by atoms with Gasteiger partial charge in [0.15, 0.2) is 0 Å². The summed E-state index contributed by atoms with van der Waals surface area (Å²) in [5, 5.41) is 0. The summed E-state index contributed by atoms with van der Waals surface area (Å²) in [4.78, 5) is 11.1. The minimum absolute atomic E-state index is 0.221. The molecule has 3 heteroatoms. The van der Waals surface area contributed by atoms with Crippen molar-refractivity contribution in [3.63, 3.8) is 0 Å². The van der Waals surface area contributed by atoms with E-state index in [1.165, 1.54) is 5.56 Å². The molecule has 0 aliphatic heterocycles. The Labute approximate surface area is 90.2 Å². The third kappa shape index (κ3) is 5.18. The maximum atomic E-state index is 11.1. The van der Waals surface area contributed by atoms with Crippen LogP contribution in [0.4, 0.5) is 0 Å². The third-order valence-corrected chi connectivity index (χ3v) is 2.01. The summed E-state index contributed by atoms with van der Waals surface area (Å²) >= 11 is 0. The molecule has 82 valence electrons. The molecule has 1 atom stereocenters. The lowest BCUT2D eigenvalue weighted by atomic mass is 10.1. The molecular weight excluding hydrogens is 190 g/mol. The van der Waals surface area contributed by atoms with E-state index in [1.54, 1.807) is 6.92 Å². The van der Waals surface area contributed by atoms with Crippen molar-refractivity contribution in [1.82, 2.24) is 0 Å². The molecule has 0 saturated heterocycles. The monoisotopic (exact) mass is 207 g/mol. The number of carbonyl (C=O) groups is 1. The van der Waals surface area contributed by atoms with Gasteiger partial charge in [-0.05, 0) is 25.3 Å². The van der Waals surface area contributed by atoms with Gasteiger partial charge >= 0.3 is 5.97 Å². The van der Waals surface area contributed by atoms with Gasteiger partial charge in [-0.1, -0.05) is 30.3 Å². The van der Waals surface area contributed by atoms with Crippen LogP contribution >= 0.6 is 0 Å². The number of carbonyl (C=O) groups excluding carboxylic acids is 1. The lowest BCUT2D eigenvalue weighted by Gasteiger charge is -2.07. The van der Waals surface area contributed by atoms with Crippen LogP contribution in [0.1, 0.15) is 25.3 Å². The van der Waals surface area contributed by atoms with Gasteiger partial charge in [-0.25, -0.2) is 0 Å². The number of aryl methyl sites for hydroxylation is 1. The number of hydrogen-bond donors (Lipinski definition) is 1. The van der Waals surface area contributed by atoms with Crippen molar-refractivity contribution in [2.75, 3.05) is 0 Å². The summed E-state index contributed by atoms with van der Waals surface area (Å²) in [5.74, 6) is -0.221. The average molecular weight is 207 g/mol. The molecule has 1 aromatic rings. The summed E-state index contributed by atoms with van der Waals surface area (Å²) < 4.78 is 4.83. The van der Waals surface area contributed by atoms with Crippen molar-refractivity contribution < 1.29 is 9.53 Å². The fourth-order valence-corrected chi connectivity index (χ4v) is 1.35. The van der Waals surface area contributed by atoms with Crippen LogP contribution in [0.5, 0.6) is 0 Å². The van der Waals surface area contributed by atoms with Gasteiger partial charge < -0.3 is 4.74 Å². The molecule has 0 aliphatic rings. The second kappa shape index (κ2) is 6.19. The molecule has 0 saturated carbocycles. The van der Waals surface area contributed by atoms with Gasteiger partial charge in [0.1, 0.15) is 6.23 Å². The molecule has 0 aromatic heterocycles. The number of nitrogens with two attached hydrogens (primary N) is 1. The first-order valence-electron chi connectivity index (χ1n) is 5.17. The first-order valence-corrected chi connectivity index (χ1v) is 5.17. The van der Waals surface area contributed by atoms with Crippen molar-refractivity contribution in [3.8, 4) is 0 Å². The van der Waals surface area contributed by atoms with Crippen LogP contribution in [0.2, 0.25) is 0 Å². The van der Waals surface area contributed by atoms with E-state index in [-0.39, 0.29) is 5.97 Å². The van der Waals surface area contributed by atoms with Gasteiger partial charge in [0.25, 0.3) is 0 Å². The van der Waals surface area contributed by atoms with Crippen molar-refractivity contribution >= 4 is 5.97 Å². The Morgan fingerprint density at radius 1 is 1.40 bits per heavy atom. The summed E-state index contributed by atoms with van der Waals surface area (Å²) in [6.07, 6.45) is 1.62. The van der Waals surface area contributed by atoms with Crippen LogP contribution in [0.25, 0.3) is 0 Å². The van der Waals surface area contributed by atoms with Crippen molar-refractivity contribution in [2.45, 2.75) is 32.4 Å². The minimum atomic E-state index is -0.505. The van der Waals surface area contributed by atoms with Crippen LogP contribution in [-0.2, 0) is 16.0 Å². The van der Waals surface area contributed by atoms with Gasteiger partial charge in [-0.15, -0.1) is 0 Å². The highest BCUT2D eigenvalue weighted by Gasteiger charge is 2.04. The molecule has 0 radical (unpaired) electrons. The summed E-state index contributed by atoms with van der Waals surface area (Å²) in [6.45, 7) is 1.65. The van der Waals surface area contributed by atoms with E-state index < -0.39 is 6.23 Å². The standard InChI is InChI=1S/C12H17NO2/c1-10(13)15-12(14)9-5-8-11-6-3-2-4-7-11/h2-4,6-7,10H,5,8-9,13H2,1H3. The number of hydrogen-bond acceptors (Lipinski definition) is 3. The lowest BCUT2D eigenvalue weighted by molar-refractivity contribution is -0.148. The molecule has 1 rings (SSSR count). The van der Waals surface area contributed by atoms with E-state index in [9.17, 15) is 4.79 Å². The summed E-state index contributed by atoms with van der Waals surface area (Å²) in [6, 6.07) is 10.1. The van der Waals surface area contributed by atoms with E-state index in [1.807, 2.05) is 18.2 Å². The molecule has 0 spiro atoms. The van der Waals surface area contributed by atoms with Crippen LogP contribution in [0.15, 0.2) is 30.3 Å². The lowest BCUT2D eigenvalue weighted by Crippen LogP contribution is -2.23. The van der Waals surface area contributed by atoms with Gasteiger partial charge in [0.2, 0.25) is 0 Å². The number of rotatable bonds is 5. The zero-order valence-corrected chi connectivity index (χ0v) is 8.98. The highest BCUT2D eigenvalue weighted by atomic mass is 16.5. The topological polar surface area (TPSA) is 52.3 Å². The van der Waals surface area contributed by atoms with Gasteiger partial charge in [0, 0.05) is 6.42 Å². The smallest absolute Gasteiger partial charge is 0.307 e. The Bertz CT molecular complexity index is 296. The first-order chi connectivity index (χ1) is 7.18. The Hall–Kier alpha value is -1.35. The largest absolute Gasteiger partial charge is 0.447 e. The molecular formula is C12H17NO2. The second-order valence-electron chi connectivity index (χ2n) is 3.53. The fourth-order valence-electron chi connectivity index (χ4n) is 1.35. The van der Waals surface area contributed by atoms with E-state index in [0.717, 1.165) is 12.8 Å². The predicted molar refractivity (Wildman–Crippen MR) is 59.1 cm³/mol. The minimum Gasteiger partial charge on any atom is -0.447 e. The average Bonchev–Trinajstić information content (AvgIpc) is 2.18. The highest BCUT2D eigenvalue weighted by Crippen LogP contribution is 2.05. The van der Waals surface area contributed by atoms with Crippen molar-refractivity contribution in [1.29, 1.82) is 0 Å². The SMILES string of the molecule is CC(N)OC(=O)CCCc1ccccc1. The van der Waals surface area contributed by atoms with E-state index in [4.69, 9.17) is 10.5 Å². The second-order valence-corrected chi connectivity index (χ2v) is 3.53. The van der Waals surface area contributed by atoms with Crippen LogP contribution in [-0.4, -0.2) is 12.2 Å². The maximum Gasteiger partial charge on any atom is 0.307 e. The Morgan fingerprint density at radius 3 is 2.67 bits per heavy atom. The number of ether oxygens (including phenoxy) is 1. The molecule has 0 fully saturated rings. The van der Waals surface area contributed by atoms with Gasteiger partial charge in [0.05, 0.1) is 0 Å². The van der Waals surface area contributed by atoms with Gasteiger partial charge in [-0.3, -0.25) is 10.5 Å². The summed E-state index contributed by atoms with van der Waals surface area (Å²) in [5.41, 5.74) is 6.57. The zero-order chi connectivity index (χ0) is 11.1.